The Balaban J connectivity index is 2.82. The number of rotatable bonds is 6. The second kappa shape index (κ2) is 6.52. The van der Waals surface area contributed by atoms with Crippen LogP contribution >= 0.6 is 15.9 Å². The van der Waals surface area contributed by atoms with Crippen molar-refractivity contribution < 1.29 is 0 Å². The van der Waals surface area contributed by atoms with Crippen LogP contribution in [0.15, 0.2) is 4.47 Å². The van der Waals surface area contributed by atoms with Gasteiger partial charge >= 0.3 is 0 Å². The van der Waals surface area contributed by atoms with Gasteiger partial charge in [0.15, 0.2) is 0 Å². The lowest BCUT2D eigenvalue weighted by Crippen LogP contribution is -2.38. The monoisotopic (exact) mass is 302 g/mol. The maximum Gasteiger partial charge on any atom is 0.0766 e. The van der Waals surface area contributed by atoms with E-state index in [2.05, 4.69) is 47.2 Å². The molecule has 0 spiro atoms. The molecule has 0 saturated carbocycles. The van der Waals surface area contributed by atoms with E-state index in [1.165, 1.54) is 5.69 Å². The van der Waals surface area contributed by atoms with Gasteiger partial charge in [-0.15, -0.1) is 0 Å². The summed E-state index contributed by atoms with van der Waals surface area (Å²) in [6.45, 7) is 6.53. The van der Waals surface area contributed by atoms with Crippen LogP contribution in [0.2, 0.25) is 0 Å². The molecule has 1 atom stereocenters. The molecule has 0 aromatic carbocycles. The maximum absolute atomic E-state index is 5.61. The minimum absolute atomic E-state index is 0.298. The molecular weight excluding hydrogens is 280 g/mol. The van der Waals surface area contributed by atoms with Crippen molar-refractivity contribution in [1.82, 2.24) is 15.2 Å². The first-order valence-corrected chi connectivity index (χ1v) is 6.95. The molecule has 0 amide bonds. The third-order valence-corrected chi connectivity index (χ3v) is 3.85. The Morgan fingerprint density at radius 3 is 2.53 bits per heavy atom. The summed E-state index contributed by atoms with van der Waals surface area (Å²) in [6, 6.07) is 0.298. The van der Waals surface area contributed by atoms with E-state index in [9.17, 15) is 0 Å². The highest BCUT2D eigenvalue weighted by atomic mass is 79.9. The fraction of sp³-hybridized carbons (Fsp3) is 0.750. The molecule has 0 saturated heterocycles. The molecule has 0 aliphatic heterocycles. The number of aromatic nitrogens is 2. The van der Waals surface area contributed by atoms with Crippen LogP contribution in [-0.4, -0.2) is 15.8 Å². The molecule has 1 unspecified atom stereocenters. The Bertz CT molecular complexity index is 360. The Kier molecular flexibility index (Phi) is 5.62. The van der Waals surface area contributed by atoms with E-state index >= 15 is 0 Å². The number of nitrogens with zero attached hydrogens (tertiary/aromatic N) is 2. The molecular formula is C12H23BrN4. The quantitative estimate of drug-likeness (QED) is 0.625. The van der Waals surface area contributed by atoms with Gasteiger partial charge in [-0.05, 0) is 34.7 Å². The Labute approximate surface area is 112 Å². The predicted molar refractivity (Wildman–Crippen MR) is 74.6 cm³/mol. The van der Waals surface area contributed by atoms with Crippen LogP contribution in [0.5, 0.6) is 0 Å². The van der Waals surface area contributed by atoms with Gasteiger partial charge in [-0.2, -0.15) is 5.10 Å². The fourth-order valence-electron chi connectivity index (χ4n) is 2.05. The highest BCUT2D eigenvalue weighted by molar-refractivity contribution is 9.10. The Hall–Kier alpha value is -0.390. The normalized spacial score (nSPS) is 13.4. The molecule has 1 rings (SSSR count). The minimum Gasteiger partial charge on any atom is -0.271 e. The molecule has 1 aromatic heterocycles. The van der Waals surface area contributed by atoms with Crippen molar-refractivity contribution in [2.24, 2.45) is 18.8 Å². The fourth-order valence-corrected chi connectivity index (χ4v) is 2.83. The summed E-state index contributed by atoms with van der Waals surface area (Å²) >= 11 is 3.63. The highest BCUT2D eigenvalue weighted by Gasteiger charge is 2.17. The second-order valence-corrected chi connectivity index (χ2v) is 5.67. The van der Waals surface area contributed by atoms with Crippen LogP contribution in [0, 0.1) is 5.92 Å². The molecule has 17 heavy (non-hydrogen) atoms. The molecule has 0 radical (unpaired) electrons. The summed E-state index contributed by atoms with van der Waals surface area (Å²) in [7, 11) is 1.99. The summed E-state index contributed by atoms with van der Waals surface area (Å²) in [6.07, 6.45) is 2.91. The predicted octanol–water partition coefficient (Wildman–Crippen LogP) is 2.17. The average molecular weight is 303 g/mol. The minimum atomic E-state index is 0.298. The first-order valence-electron chi connectivity index (χ1n) is 6.15. The number of hydrogen-bond donors (Lipinski definition) is 2. The van der Waals surface area contributed by atoms with Gasteiger partial charge in [-0.3, -0.25) is 16.0 Å². The van der Waals surface area contributed by atoms with E-state index in [1.54, 1.807) is 0 Å². The van der Waals surface area contributed by atoms with Crippen molar-refractivity contribution >= 4 is 15.9 Å². The first-order chi connectivity index (χ1) is 7.99. The molecule has 0 aliphatic carbocycles. The molecule has 98 valence electrons. The average Bonchev–Trinajstić information content (AvgIpc) is 2.54. The van der Waals surface area contributed by atoms with Gasteiger partial charge in [0.1, 0.15) is 0 Å². The summed E-state index contributed by atoms with van der Waals surface area (Å²) in [5.41, 5.74) is 5.23. The van der Waals surface area contributed by atoms with Crippen LogP contribution < -0.4 is 11.3 Å². The lowest BCUT2D eigenvalue weighted by atomic mass is 10.00. The number of halogens is 1. The molecule has 3 N–H and O–H groups in total. The smallest absolute Gasteiger partial charge is 0.0766 e. The van der Waals surface area contributed by atoms with Crippen LogP contribution in [-0.2, 0) is 19.9 Å². The number of nitrogens with two attached hydrogens (primary N) is 1. The van der Waals surface area contributed by atoms with Gasteiger partial charge in [-0.1, -0.05) is 20.8 Å². The number of aryl methyl sites for hydroxylation is 2. The van der Waals surface area contributed by atoms with Gasteiger partial charge in [0.2, 0.25) is 0 Å². The van der Waals surface area contributed by atoms with E-state index in [1.807, 2.05) is 11.7 Å². The highest BCUT2D eigenvalue weighted by Crippen LogP contribution is 2.23. The standard InChI is InChI=1S/C12H23BrN4/c1-5-10-12(13)11(17(4)16-10)7-9(15-14)6-8(2)3/h8-9,15H,5-7,14H2,1-4H3. The van der Waals surface area contributed by atoms with Crippen molar-refractivity contribution in [3.8, 4) is 0 Å². The van der Waals surface area contributed by atoms with E-state index in [4.69, 9.17) is 5.84 Å². The van der Waals surface area contributed by atoms with Crippen molar-refractivity contribution in [3.05, 3.63) is 15.9 Å². The summed E-state index contributed by atoms with van der Waals surface area (Å²) < 4.78 is 3.08. The van der Waals surface area contributed by atoms with Crippen LogP contribution in [0.1, 0.15) is 38.6 Å². The SMILES string of the molecule is CCc1nn(C)c(CC(CC(C)C)NN)c1Br. The molecule has 4 nitrogen and oxygen atoms in total. The van der Waals surface area contributed by atoms with Crippen LogP contribution in [0.25, 0.3) is 0 Å². The molecule has 0 bridgehead atoms. The van der Waals surface area contributed by atoms with Gasteiger partial charge in [0, 0.05) is 19.5 Å². The third kappa shape index (κ3) is 3.79. The van der Waals surface area contributed by atoms with Crippen LogP contribution in [0.3, 0.4) is 0 Å². The molecule has 0 aliphatic rings. The summed E-state index contributed by atoms with van der Waals surface area (Å²) in [5.74, 6) is 6.25. The molecule has 0 fully saturated rings. The number of hydrazine groups is 1. The third-order valence-electron chi connectivity index (χ3n) is 2.93. The second-order valence-electron chi connectivity index (χ2n) is 4.88. The molecule has 1 heterocycles. The Morgan fingerprint density at radius 2 is 2.12 bits per heavy atom. The van der Waals surface area contributed by atoms with E-state index in [-0.39, 0.29) is 0 Å². The first kappa shape index (κ1) is 14.7. The molecule has 5 heteroatoms. The van der Waals surface area contributed by atoms with Crippen molar-refractivity contribution in [2.45, 2.75) is 46.1 Å². The van der Waals surface area contributed by atoms with Gasteiger partial charge in [-0.25, -0.2) is 0 Å². The molecule has 1 aromatic rings. The maximum atomic E-state index is 5.61. The topological polar surface area (TPSA) is 55.9 Å². The lowest BCUT2D eigenvalue weighted by molar-refractivity contribution is 0.415. The van der Waals surface area contributed by atoms with Crippen LogP contribution in [0.4, 0.5) is 0 Å². The van der Waals surface area contributed by atoms with Crippen molar-refractivity contribution in [1.29, 1.82) is 0 Å². The van der Waals surface area contributed by atoms with E-state index in [0.717, 1.165) is 29.4 Å². The van der Waals surface area contributed by atoms with Crippen molar-refractivity contribution in [2.75, 3.05) is 0 Å². The summed E-state index contributed by atoms with van der Waals surface area (Å²) in [5, 5.41) is 4.50. The zero-order valence-corrected chi connectivity index (χ0v) is 12.7. The Morgan fingerprint density at radius 1 is 1.47 bits per heavy atom. The largest absolute Gasteiger partial charge is 0.271 e. The zero-order chi connectivity index (χ0) is 13.0. The van der Waals surface area contributed by atoms with E-state index < -0.39 is 0 Å². The van der Waals surface area contributed by atoms with Crippen molar-refractivity contribution in [3.63, 3.8) is 0 Å². The summed E-state index contributed by atoms with van der Waals surface area (Å²) in [4.78, 5) is 0. The zero-order valence-electron chi connectivity index (χ0n) is 11.1. The number of nitrogens with one attached hydrogen (secondary N) is 1. The van der Waals surface area contributed by atoms with Gasteiger partial charge in [0.25, 0.3) is 0 Å². The van der Waals surface area contributed by atoms with E-state index in [0.29, 0.717) is 12.0 Å². The van der Waals surface area contributed by atoms with Gasteiger partial charge < -0.3 is 0 Å². The van der Waals surface area contributed by atoms with Gasteiger partial charge in [0.05, 0.1) is 15.9 Å². The number of hydrogen-bond acceptors (Lipinski definition) is 3. The lowest BCUT2D eigenvalue weighted by Gasteiger charge is -2.18.